The number of rotatable bonds is 3. The van der Waals surface area contributed by atoms with Crippen LogP contribution in [0.4, 0.5) is 4.79 Å². The molecule has 0 aliphatic carbocycles. The second-order valence-electron chi connectivity index (χ2n) is 5.64. The average Bonchev–Trinajstić information content (AvgIpc) is 3.21. The molecule has 7 heteroatoms. The number of furan rings is 1. The van der Waals surface area contributed by atoms with E-state index in [0.29, 0.717) is 16.1 Å². The summed E-state index contributed by atoms with van der Waals surface area (Å²) in [5, 5.41) is 11.7. The van der Waals surface area contributed by atoms with E-state index in [1.165, 1.54) is 12.1 Å². The number of hydrogen-bond donors (Lipinski definition) is 2. The molecule has 0 saturated carbocycles. The fourth-order valence-electron chi connectivity index (χ4n) is 2.75. The number of benzene rings is 2. The Balaban J connectivity index is 1.82. The molecule has 3 aromatic rings. The second-order valence-corrected chi connectivity index (χ2v) is 6.65. The maximum atomic E-state index is 11.8. The summed E-state index contributed by atoms with van der Waals surface area (Å²) >= 11 is 0.841. The molecule has 1 aliphatic heterocycles. The quantitative estimate of drug-likeness (QED) is 0.678. The van der Waals surface area contributed by atoms with Crippen molar-refractivity contribution in [3.63, 3.8) is 0 Å². The molecular weight excluding hydrogens is 354 g/mol. The van der Waals surface area contributed by atoms with Crippen molar-refractivity contribution < 1.29 is 23.9 Å². The number of thioether (sulfide) groups is 1. The Morgan fingerprint density at radius 1 is 1.08 bits per heavy atom. The van der Waals surface area contributed by atoms with Gasteiger partial charge in [-0.15, -0.1) is 0 Å². The summed E-state index contributed by atoms with van der Waals surface area (Å²) < 4.78 is 5.51. The van der Waals surface area contributed by atoms with Gasteiger partial charge < -0.3 is 9.52 Å². The lowest BCUT2D eigenvalue weighted by Gasteiger charge is -2.06. The number of hydrogen-bond acceptors (Lipinski definition) is 5. The lowest BCUT2D eigenvalue weighted by atomic mass is 9.99. The van der Waals surface area contributed by atoms with Gasteiger partial charge in [0, 0.05) is 10.9 Å². The zero-order chi connectivity index (χ0) is 18.3. The molecule has 2 heterocycles. The summed E-state index contributed by atoms with van der Waals surface area (Å²) in [6, 6.07) is 12.1. The number of nitrogens with one attached hydrogen (secondary N) is 1. The molecule has 6 nitrogen and oxygen atoms in total. The molecule has 2 amide bonds. The summed E-state index contributed by atoms with van der Waals surface area (Å²) in [7, 11) is 0. The van der Waals surface area contributed by atoms with Crippen LogP contribution in [0.15, 0.2) is 58.1 Å². The molecule has 2 N–H and O–H groups in total. The standard InChI is InChI=1S/C19H11NO5S/c21-17-15(26-19(24)20-17)9-14-8-13(7-12-5-6-25-16(12)14)10-1-3-11(4-2-10)18(22)23/h1-9H,(H,22,23)(H,20,21,24). The molecule has 4 rings (SSSR count). The van der Waals surface area contributed by atoms with E-state index in [0.717, 1.165) is 28.3 Å². The minimum Gasteiger partial charge on any atom is -0.478 e. The van der Waals surface area contributed by atoms with Gasteiger partial charge in [0.2, 0.25) is 0 Å². The van der Waals surface area contributed by atoms with Gasteiger partial charge in [-0.25, -0.2) is 4.79 Å². The van der Waals surface area contributed by atoms with Gasteiger partial charge in [-0.3, -0.25) is 14.9 Å². The van der Waals surface area contributed by atoms with Crippen molar-refractivity contribution >= 4 is 45.9 Å². The average molecular weight is 365 g/mol. The van der Waals surface area contributed by atoms with Crippen LogP contribution in [0, 0.1) is 0 Å². The second kappa shape index (κ2) is 6.20. The van der Waals surface area contributed by atoms with Gasteiger partial charge in [0.15, 0.2) is 0 Å². The number of carbonyl (C=O) groups excluding carboxylic acids is 2. The van der Waals surface area contributed by atoms with Gasteiger partial charge in [0.25, 0.3) is 11.1 Å². The van der Waals surface area contributed by atoms with Gasteiger partial charge in [-0.1, -0.05) is 12.1 Å². The molecule has 0 unspecified atom stereocenters. The van der Waals surface area contributed by atoms with E-state index in [-0.39, 0.29) is 5.56 Å². The third kappa shape index (κ3) is 2.89. The summed E-state index contributed by atoms with van der Waals surface area (Å²) in [5.74, 6) is -1.42. The van der Waals surface area contributed by atoms with E-state index in [4.69, 9.17) is 9.52 Å². The first-order chi connectivity index (χ1) is 12.5. The maximum Gasteiger partial charge on any atom is 0.335 e. The minimum absolute atomic E-state index is 0.206. The minimum atomic E-state index is -0.985. The molecule has 1 fully saturated rings. The zero-order valence-corrected chi connectivity index (χ0v) is 14.0. The van der Waals surface area contributed by atoms with E-state index in [1.807, 2.05) is 12.1 Å². The number of imide groups is 1. The maximum absolute atomic E-state index is 11.8. The normalized spacial score (nSPS) is 15.6. The number of aromatic carboxylic acids is 1. The van der Waals surface area contributed by atoms with Crippen molar-refractivity contribution in [2.24, 2.45) is 0 Å². The molecule has 26 heavy (non-hydrogen) atoms. The van der Waals surface area contributed by atoms with Gasteiger partial charge in [0.05, 0.1) is 16.7 Å². The van der Waals surface area contributed by atoms with Crippen LogP contribution in [-0.4, -0.2) is 22.2 Å². The predicted molar refractivity (Wildman–Crippen MR) is 97.7 cm³/mol. The van der Waals surface area contributed by atoms with Crippen LogP contribution in [0.1, 0.15) is 15.9 Å². The number of amides is 2. The Morgan fingerprint density at radius 2 is 1.85 bits per heavy atom. The van der Waals surface area contributed by atoms with Gasteiger partial charge in [0.1, 0.15) is 5.58 Å². The highest BCUT2D eigenvalue weighted by Gasteiger charge is 2.25. The smallest absolute Gasteiger partial charge is 0.335 e. The van der Waals surface area contributed by atoms with Crippen molar-refractivity contribution in [1.29, 1.82) is 0 Å². The van der Waals surface area contributed by atoms with Crippen LogP contribution < -0.4 is 5.32 Å². The number of carboxylic acid groups (broad SMARTS) is 1. The third-order valence-electron chi connectivity index (χ3n) is 3.97. The van der Waals surface area contributed by atoms with Gasteiger partial charge >= 0.3 is 5.97 Å². The Bertz CT molecular complexity index is 1090. The highest BCUT2D eigenvalue weighted by molar-refractivity contribution is 8.18. The van der Waals surface area contributed by atoms with Crippen LogP contribution in [-0.2, 0) is 4.79 Å². The van der Waals surface area contributed by atoms with Crippen molar-refractivity contribution in [1.82, 2.24) is 5.32 Å². The number of fused-ring (bicyclic) bond motifs is 1. The third-order valence-corrected chi connectivity index (χ3v) is 4.78. The number of carboxylic acids is 1. The molecule has 0 atom stereocenters. The molecule has 1 saturated heterocycles. The van der Waals surface area contributed by atoms with Crippen molar-refractivity contribution in [2.75, 3.05) is 0 Å². The fourth-order valence-corrected chi connectivity index (χ4v) is 3.42. The van der Waals surface area contributed by atoms with Crippen LogP contribution in [0.5, 0.6) is 0 Å². The molecule has 0 radical (unpaired) electrons. The van der Waals surface area contributed by atoms with Gasteiger partial charge in [-0.2, -0.15) is 0 Å². The summed E-state index contributed by atoms with van der Waals surface area (Å²) in [5.41, 5.74) is 3.15. The van der Waals surface area contributed by atoms with Crippen LogP contribution in [0.2, 0.25) is 0 Å². The van der Waals surface area contributed by atoms with Crippen LogP contribution >= 0.6 is 11.8 Å². The molecule has 1 aromatic heterocycles. The van der Waals surface area contributed by atoms with Crippen molar-refractivity contribution in [3.8, 4) is 11.1 Å². The van der Waals surface area contributed by atoms with Crippen molar-refractivity contribution in [2.45, 2.75) is 0 Å². The number of carbonyl (C=O) groups is 3. The molecule has 0 spiro atoms. The van der Waals surface area contributed by atoms with E-state index < -0.39 is 17.1 Å². The molecule has 2 aromatic carbocycles. The first kappa shape index (κ1) is 16.2. The lowest BCUT2D eigenvalue weighted by molar-refractivity contribution is -0.115. The van der Waals surface area contributed by atoms with Crippen molar-refractivity contribution in [3.05, 3.63) is 64.8 Å². The van der Waals surface area contributed by atoms with E-state index in [2.05, 4.69) is 5.32 Å². The molecule has 0 bridgehead atoms. The Kier molecular flexibility index (Phi) is 3.85. The highest BCUT2D eigenvalue weighted by Crippen LogP contribution is 2.33. The summed E-state index contributed by atoms with van der Waals surface area (Å²) in [4.78, 5) is 34.5. The van der Waals surface area contributed by atoms with E-state index in [9.17, 15) is 14.4 Å². The van der Waals surface area contributed by atoms with Crippen LogP contribution in [0.3, 0.4) is 0 Å². The topological polar surface area (TPSA) is 96.6 Å². The largest absolute Gasteiger partial charge is 0.478 e. The molecule has 1 aliphatic rings. The summed E-state index contributed by atoms with van der Waals surface area (Å²) in [6.45, 7) is 0. The lowest BCUT2D eigenvalue weighted by Crippen LogP contribution is -2.17. The van der Waals surface area contributed by atoms with Crippen LogP contribution in [0.25, 0.3) is 28.2 Å². The first-order valence-electron chi connectivity index (χ1n) is 7.61. The van der Waals surface area contributed by atoms with E-state index in [1.54, 1.807) is 30.5 Å². The molecular formula is C19H11NO5S. The highest BCUT2D eigenvalue weighted by atomic mass is 32.2. The SMILES string of the molecule is O=C1NC(=O)C(=Cc2cc(-c3ccc(C(=O)O)cc3)cc3ccoc23)S1. The Labute approximate surface area is 151 Å². The zero-order valence-electron chi connectivity index (χ0n) is 13.2. The van der Waals surface area contributed by atoms with E-state index >= 15 is 0 Å². The Morgan fingerprint density at radius 3 is 2.50 bits per heavy atom. The first-order valence-corrected chi connectivity index (χ1v) is 8.43. The Hall–Kier alpha value is -3.32. The fraction of sp³-hybridized carbons (Fsp3) is 0. The monoisotopic (exact) mass is 365 g/mol. The predicted octanol–water partition coefficient (Wildman–Crippen LogP) is 4.12. The molecule has 128 valence electrons. The summed E-state index contributed by atoms with van der Waals surface area (Å²) in [6.07, 6.45) is 3.17. The van der Waals surface area contributed by atoms with Gasteiger partial charge in [-0.05, 0) is 59.3 Å².